The maximum absolute atomic E-state index is 14.3. The molecule has 7 heteroatoms. The lowest BCUT2D eigenvalue weighted by molar-refractivity contribution is -0.144. The molecule has 202 valence electrons. The Balaban J connectivity index is 2.57. The molecule has 36 heavy (non-hydrogen) atoms. The highest BCUT2D eigenvalue weighted by atomic mass is 16.6. The molecule has 1 aliphatic rings. The number of nitrogens with one attached hydrogen (secondary N) is 2. The van der Waals surface area contributed by atoms with Gasteiger partial charge in [-0.2, -0.15) is 0 Å². The summed E-state index contributed by atoms with van der Waals surface area (Å²) in [5.41, 5.74) is 1.62. The lowest BCUT2D eigenvalue weighted by Gasteiger charge is -2.37. The number of rotatable bonds is 8. The molecule has 0 aromatic heterocycles. The Kier molecular flexibility index (Phi) is 9.25. The molecule has 7 nitrogen and oxygen atoms in total. The smallest absolute Gasteiger partial charge is 0.408 e. The molecule has 4 atom stereocenters. The molecule has 0 aliphatic heterocycles. The second kappa shape index (κ2) is 11.2. The minimum Gasteiger partial charge on any atom is -0.444 e. The first kappa shape index (κ1) is 29.7. The number of nitrogens with zero attached hydrogens (tertiary/aromatic N) is 1. The first-order chi connectivity index (χ1) is 16.4. The second-order valence-corrected chi connectivity index (χ2v) is 12.9. The summed E-state index contributed by atoms with van der Waals surface area (Å²) in [4.78, 5) is 42.5. The van der Waals surface area contributed by atoms with Gasteiger partial charge < -0.3 is 20.3 Å². The van der Waals surface area contributed by atoms with Crippen molar-refractivity contribution in [1.82, 2.24) is 15.5 Å². The second-order valence-electron chi connectivity index (χ2n) is 12.9. The summed E-state index contributed by atoms with van der Waals surface area (Å²) in [6, 6.07) is 4.31. The van der Waals surface area contributed by atoms with Crippen molar-refractivity contribution in [2.24, 2.45) is 11.8 Å². The zero-order valence-electron chi connectivity index (χ0n) is 24.1. The molecule has 0 heterocycles. The molecule has 1 aromatic rings. The zero-order chi connectivity index (χ0) is 27.6. The Hall–Kier alpha value is -2.57. The normalized spacial score (nSPS) is 19.3. The van der Waals surface area contributed by atoms with Gasteiger partial charge in [0.2, 0.25) is 11.8 Å². The molecule has 0 saturated heterocycles. The lowest BCUT2D eigenvalue weighted by Crippen LogP contribution is -2.56. The van der Waals surface area contributed by atoms with Crippen LogP contribution in [0.3, 0.4) is 0 Å². The number of carbonyl (C=O) groups excluding carboxylic acids is 3. The highest BCUT2D eigenvalue weighted by Crippen LogP contribution is 2.41. The number of aryl methyl sites for hydroxylation is 2. The summed E-state index contributed by atoms with van der Waals surface area (Å²) in [5.74, 6) is -0.0526. The van der Waals surface area contributed by atoms with Gasteiger partial charge in [-0.1, -0.05) is 44.5 Å². The van der Waals surface area contributed by atoms with Crippen molar-refractivity contribution < 1.29 is 19.1 Å². The van der Waals surface area contributed by atoms with Crippen molar-refractivity contribution in [2.75, 3.05) is 0 Å². The Morgan fingerprint density at radius 3 is 2.14 bits per heavy atom. The Bertz CT molecular complexity index is 958. The first-order valence-electron chi connectivity index (χ1n) is 13.1. The average molecular weight is 502 g/mol. The minimum atomic E-state index is -0.804. The molecule has 1 aromatic carbocycles. The third-order valence-corrected chi connectivity index (χ3v) is 6.13. The van der Waals surface area contributed by atoms with E-state index in [9.17, 15) is 14.4 Å². The number of alkyl carbamates (subject to hydrolysis) is 1. The van der Waals surface area contributed by atoms with Crippen molar-refractivity contribution in [3.05, 3.63) is 34.9 Å². The number of benzene rings is 1. The van der Waals surface area contributed by atoms with E-state index in [1.54, 1.807) is 25.7 Å². The van der Waals surface area contributed by atoms with Crippen LogP contribution in [0.15, 0.2) is 18.2 Å². The Morgan fingerprint density at radius 1 is 1.08 bits per heavy atom. The van der Waals surface area contributed by atoms with Crippen LogP contribution in [-0.4, -0.2) is 46.0 Å². The van der Waals surface area contributed by atoms with E-state index in [0.717, 1.165) is 23.1 Å². The monoisotopic (exact) mass is 501 g/mol. The van der Waals surface area contributed by atoms with Crippen LogP contribution in [-0.2, 0) is 14.3 Å². The van der Waals surface area contributed by atoms with Gasteiger partial charge >= 0.3 is 6.09 Å². The van der Waals surface area contributed by atoms with Crippen LogP contribution in [0.25, 0.3) is 0 Å². The topological polar surface area (TPSA) is 87.7 Å². The van der Waals surface area contributed by atoms with Crippen molar-refractivity contribution in [1.29, 1.82) is 0 Å². The van der Waals surface area contributed by atoms with Crippen LogP contribution in [0.2, 0.25) is 0 Å². The van der Waals surface area contributed by atoms with Gasteiger partial charge in [-0.15, -0.1) is 0 Å². The summed E-state index contributed by atoms with van der Waals surface area (Å²) in [6.45, 7) is 21.2. The zero-order valence-corrected chi connectivity index (χ0v) is 24.1. The number of carbonyl (C=O) groups is 3. The van der Waals surface area contributed by atoms with E-state index in [-0.39, 0.29) is 29.7 Å². The lowest BCUT2D eigenvalue weighted by atomic mass is 9.94. The molecule has 4 unspecified atom stereocenters. The summed E-state index contributed by atoms with van der Waals surface area (Å²) in [5, 5.41) is 5.92. The van der Waals surface area contributed by atoms with Crippen molar-refractivity contribution >= 4 is 17.9 Å². The third-order valence-electron chi connectivity index (χ3n) is 6.13. The fourth-order valence-corrected chi connectivity index (χ4v) is 4.40. The van der Waals surface area contributed by atoms with E-state index in [1.165, 1.54) is 0 Å². The van der Waals surface area contributed by atoms with Gasteiger partial charge in [-0.3, -0.25) is 9.59 Å². The van der Waals surface area contributed by atoms with Crippen molar-refractivity contribution in [3.63, 3.8) is 0 Å². The number of hydrogen-bond acceptors (Lipinski definition) is 4. The molecule has 1 aliphatic carbocycles. The van der Waals surface area contributed by atoms with E-state index in [4.69, 9.17) is 4.74 Å². The highest BCUT2D eigenvalue weighted by molar-refractivity contribution is 5.93. The van der Waals surface area contributed by atoms with Gasteiger partial charge in [0.1, 0.15) is 17.7 Å². The Morgan fingerprint density at radius 2 is 1.67 bits per heavy atom. The van der Waals surface area contributed by atoms with Crippen LogP contribution in [0.5, 0.6) is 0 Å². The number of amides is 3. The summed E-state index contributed by atoms with van der Waals surface area (Å²) in [6.07, 6.45) is 0.625. The Labute approximate surface area is 217 Å². The molecule has 0 bridgehead atoms. The van der Waals surface area contributed by atoms with Gasteiger partial charge in [0, 0.05) is 11.6 Å². The van der Waals surface area contributed by atoms with Crippen molar-refractivity contribution in [2.45, 2.75) is 118 Å². The number of hydrogen-bond donors (Lipinski definition) is 2. The fourth-order valence-electron chi connectivity index (χ4n) is 4.40. The van der Waals surface area contributed by atoms with Gasteiger partial charge in [0.25, 0.3) is 0 Å². The van der Waals surface area contributed by atoms with E-state index >= 15 is 0 Å². The molecule has 3 amide bonds. The van der Waals surface area contributed by atoms with E-state index in [0.29, 0.717) is 6.42 Å². The predicted molar refractivity (Wildman–Crippen MR) is 144 cm³/mol. The average Bonchev–Trinajstić information content (AvgIpc) is 3.39. The van der Waals surface area contributed by atoms with Gasteiger partial charge in [0.05, 0.1) is 0 Å². The van der Waals surface area contributed by atoms with E-state index in [2.05, 4.69) is 17.6 Å². The van der Waals surface area contributed by atoms with Gasteiger partial charge in [-0.25, -0.2) is 4.79 Å². The third kappa shape index (κ3) is 8.52. The standard InChI is InChI=1S/C29H47N3O4/c1-17(2)14-22(30-27(35)36-29(9,10)11)26(34)32(23-16-20(23)5)24(25(33)31-28(6,7)8)21-15-18(3)12-13-19(21)4/h12-13,15,17,20,22-24H,14,16H2,1-11H3,(H,30,35)(H,31,33). The first-order valence-corrected chi connectivity index (χ1v) is 13.1. The van der Waals surface area contributed by atoms with Gasteiger partial charge in [0.15, 0.2) is 0 Å². The SMILES string of the molecule is Cc1ccc(C)c(C(C(=O)NC(C)(C)C)N(C(=O)C(CC(C)C)NC(=O)OC(C)(C)C)C2CC2C)c1. The van der Waals surface area contributed by atoms with Crippen molar-refractivity contribution in [3.8, 4) is 0 Å². The molecular weight excluding hydrogens is 454 g/mol. The van der Waals surface area contributed by atoms with E-state index < -0.39 is 29.3 Å². The molecule has 2 N–H and O–H groups in total. The molecular formula is C29H47N3O4. The summed E-state index contributed by atoms with van der Waals surface area (Å²) < 4.78 is 5.47. The van der Waals surface area contributed by atoms with Crippen LogP contribution >= 0.6 is 0 Å². The maximum Gasteiger partial charge on any atom is 0.408 e. The van der Waals surface area contributed by atoms with Crippen LogP contribution in [0.1, 0.15) is 97.9 Å². The maximum atomic E-state index is 14.3. The van der Waals surface area contributed by atoms with Gasteiger partial charge in [-0.05, 0) is 91.2 Å². The number of ether oxygens (including phenoxy) is 1. The predicted octanol–water partition coefficient (Wildman–Crippen LogP) is 5.44. The highest BCUT2D eigenvalue weighted by Gasteiger charge is 2.48. The molecule has 1 saturated carbocycles. The van der Waals surface area contributed by atoms with E-state index in [1.807, 2.05) is 66.7 Å². The van der Waals surface area contributed by atoms with Crippen LogP contribution < -0.4 is 10.6 Å². The molecule has 2 rings (SSSR count). The summed E-state index contributed by atoms with van der Waals surface area (Å²) >= 11 is 0. The van der Waals surface area contributed by atoms with Crippen LogP contribution in [0, 0.1) is 25.7 Å². The molecule has 0 radical (unpaired) electrons. The quantitative estimate of drug-likeness (QED) is 0.497. The minimum absolute atomic E-state index is 0.0803. The molecule has 1 fully saturated rings. The largest absolute Gasteiger partial charge is 0.444 e. The fraction of sp³-hybridized carbons (Fsp3) is 0.690. The summed E-state index contributed by atoms with van der Waals surface area (Å²) in [7, 11) is 0. The molecule has 0 spiro atoms. The van der Waals surface area contributed by atoms with Crippen LogP contribution in [0.4, 0.5) is 4.79 Å².